The highest BCUT2D eigenvalue weighted by Crippen LogP contribution is 2.29. The van der Waals surface area contributed by atoms with Crippen molar-refractivity contribution in [1.29, 1.82) is 0 Å². The summed E-state index contributed by atoms with van der Waals surface area (Å²) < 4.78 is 0. The quantitative estimate of drug-likeness (QED) is 0.821. The van der Waals surface area contributed by atoms with Crippen molar-refractivity contribution in [3.63, 3.8) is 0 Å². The zero-order valence-corrected chi connectivity index (χ0v) is 9.75. The van der Waals surface area contributed by atoms with Gasteiger partial charge in [0.15, 0.2) is 0 Å². The Morgan fingerprint density at radius 3 is 2.50 bits per heavy atom. The van der Waals surface area contributed by atoms with E-state index < -0.39 is 5.97 Å². The van der Waals surface area contributed by atoms with Crippen molar-refractivity contribution in [2.45, 2.75) is 11.8 Å². The largest absolute Gasteiger partial charge is 0.478 e. The molecule has 0 amide bonds. The average molecular weight is 232 g/mol. The summed E-state index contributed by atoms with van der Waals surface area (Å²) in [6.07, 6.45) is 0. The Balaban J connectivity index is 2.71. The van der Waals surface area contributed by atoms with E-state index in [-0.39, 0.29) is 0 Å². The lowest BCUT2D eigenvalue weighted by atomic mass is 10.0. The standard InChI is InChI=1S/C13H12O2S/c1-2-16-12-8-7-11(13(14)15)9-5-3-4-6-10(9)12/h3-8H,2H2,1H3,(H,14,15). The Kier molecular flexibility index (Phi) is 3.15. The van der Waals surface area contributed by atoms with E-state index in [1.54, 1.807) is 17.8 Å². The van der Waals surface area contributed by atoms with E-state index in [1.165, 1.54) is 0 Å². The maximum absolute atomic E-state index is 11.1. The third kappa shape index (κ3) is 1.91. The minimum atomic E-state index is -0.871. The first-order valence-electron chi connectivity index (χ1n) is 5.12. The van der Waals surface area contributed by atoms with Crippen LogP contribution in [0.3, 0.4) is 0 Å². The number of rotatable bonds is 3. The Morgan fingerprint density at radius 1 is 1.19 bits per heavy atom. The van der Waals surface area contributed by atoms with Crippen molar-refractivity contribution in [3.8, 4) is 0 Å². The third-order valence-electron chi connectivity index (χ3n) is 2.41. The SMILES string of the molecule is CCSc1ccc(C(=O)O)c2ccccc12. The maximum atomic E-state index is 11.1. The topological polar surface area (TPSA) is 37.3 Å². The summed E-state index contributed by atoms with van der Waals surface area (Å²) in [6, 6.07) is 11.2. The summed E-state index contributed by atoms with van der Waals surface area (Å²) in [7, 11) is 0. The van der Waals surface area contributed by atoms with Crippen molar-refractivity contribution in [2.24, 2.45) is 0 Å². The molecule has 0 aliphatic rings. The second-order valence-corrected chi connectivity index (χ2v) is 4.70. The van der Waals surface area contributed by atoms with Gasteiger partial charge in [0.25, 0.3) is 0 Å². The number of carbonyl (C=O) groups is 1. The number of hydrogen-bond donors (Lipinski definition) is 1. The zero-order valence-electron chi connectivity index (χ0n) is 8.93. The van der Waals surface area contributed by atoms with Gasteiger partial charge in [-0.3, -0.25) is 0 Å². The molecule has 16 heavy (non-hydrogen) atoms. The lowest BCUT2D eigenvalue weighted by Crippen LogP contribution is -1.97. The van der Waals surface area contributed by atoms with Crippen LogP contribution in [0.4, 0.5) is 0 Å². The minimum absolute atomic E-state index is 0.371. The second-order valence-electron chi connectivity index (χ2n) is 3.40. The number of thioether (sulfide) groups is 1. The second kappa shape index (κ2) is 4.58. The molecule has 2 aromatic rings. The Hall–Kier alpha value is -1.48. The van der Waals surface area contributed by atoms with Gasteiger partial charge in [0.2, 0.25) is 0 Å². The first-order valence-corrected chi connectivity index (χ1v) is 6.10. The van der Waals surface area contributed by atoms with E-state index >= 15 is 0 Å². The van der Waals surface area contributed by atoms with Gasteiger partial charge in [0.05, 0.1) is 5.56 Å². The van der Waals surface area contributed by atoms with Crippen LogP contribution in [0.5, 0.6) is 0 Å². The Labute approximate surface area is 98.3 Å². The van der Waals surface area contributed by atoms with E-state index in [1.807, 2.05) is 30.3 Å². The van der Waals surface area contributed by atoms with Gasteiger partial charge in [0.1, 0.15) is 0 Å². The van der Waals surface area contributed by atoms with E-state index in [0.29, 0.717) is 5.56 Å². The molecule has 0 radical (unpaired) electrons. The number of benzene rings is 2. The predicted octanol–water partition coefficient (Wildman–Crippen LogP) is 3.65. The van der Waals surface area contributed by atoms with Crippen LogP contribution in [0.25, 0.3) is 10.8 Å². The van der Waals surface area contributed by atoms with Gasteiger partial charge in [-0.25, -0.2) is 4.79 Å². The van der Waals surface area contributed by atoms with Crippen LogP contribution in [0.15, 0.2) is 41.3 Å². The Morgan fingerprint density at radius 2 is 1.88 bits per heavy atom. The molecule has 0 saturated carbocycles. The summed E-state index contributed by atoms with van der Waals surface area (Å²) in [5.74, 6) is 0.111. The first kappa shape index (κ1) is 11.0. The zero-order chi connectivity index (χ0) is 11.5. The number of aromatic carboxylic acids is 1. The fraction of sp³-hybridized carbons (Fsp3) is 0.154. The number of carboxylic acid groups (broad SMARTS) is 1. The van der Waals surface area contributed by atoms with Crippen LogP contribution in [-0.2, 0) is 0 Å². The molecule has 82 valence electrons. The molecule has 0 fully saturated rings. The average Bonchev–Trinajstić information content (AvgIpc) is 2.29. The van der Waals surface area contributed by atoms with E-state index in [9.17, 15) is 4.79 Å². The van der Waals surface area contributed by atoms with Crippen LogP contribution < -0.4 is 0 Å². The predicted molar refractivity (Wildman–Crippen MR) is 67.3 cm³/mol. The van der Waals surface area contributed by atoms with Gasteiger partial charge < -0.3 is 5.11 Å². The molecule has 0 saturated heterocycles. The molecule has 0 spiro atoms. The molecule has 0 aliphatic heterocycles. The van der Waals surface area contributed by atoms with E-state index in [0.717, 1.165) is 21.4 Å². The highest BCUT2D eigenvalue weighted by atomic mass is 32.2. The van der Waals surface area contributed by atoms with Gasteiger partial charge >= 0.3 is 5.97 Å². The monoisotopic (exact) mass is 232 g/mol. The van der Waals surface area contributed by atoms with Gasteiger partial charge in [-0.2, -0.15) is 0 Å². The highest BCUT2D eigenvalue weighted by Gasteiger charge is 2.10. The molecule has 0 heterocycles. The van der Waals surface area contributed by atoms with Crippen molar-refractivity contribution >= 4 is 28.5 Å². The highest BCUT2D eigenvalue weighted by molar-refractivity contribution is 7.99. The normalized spacial score (nSPS) is 10.6. The lowest BCUT2D eigenvalue weighted by molar-refractivity contribution is 0.0699. The third-order valence-corrected chi connectivity index (χ3v) is 3.37. The molecule has 0 aliphatic carbocycles. The van der Waals surface area contributed by atoms with Crippen molar-refractivity contribution < 1.29 is 9.90 Å². The molecule has 2 rings (SSSR count). The molecule has 0 atom stereocenters. The molecule has 0 aromatic heterocycles. The summed E-state index contributed by atoms with van der Waals surface area (Å²) >= 11 is 1.73. The molecule has 2 nitrogen and oxygen atoms in total. The Bertz CT molecular complexity index is 534. The molecule has 0 unspecified atom stereocenters. The molecule has 0 bridgehead atoms. The fourth-order valence-electron chi connectivity index (χ4n) is 1.74. The van der Waals surface area contributed by atoms with Crippen molar-refractivity contribution in [2.75, 3.05) is 5.75 Å². The minimum Gasteiger partial charge on any atom is -0.478 e. The number of carboxylic acids is 1. The lowest BCUT2D eigenvalue weighted by Gasteiger charge is -2.07. The smallest absolute Gasteiger partial charge is 0.336 e. The van der Waals surface area contributed by atoms with Crippen LogP contribution in [0, 0.1) is 0 Å². The maximum Gasteiger partial charge on any atom is 0.336 e. The molecular weight excluding hydrogens is 220 g/mol. The number of fused-ring (bicyclic) bond motifs is 1. The van der Waals surface area contributed by atoms with Gasteiger partial charge in [-0.05, 0) is 28.7 Å². The van der Waals surface area contributed by atoms with Gasteiger partial charge in [-0.1, -0.05) is 31.2 Å². The summed E-state index contributed by atoms with van der Waals surface area (Å²) in [6.45, 7) is 2.09. The fourth-order valence-corrected chi connectivity index (χ4v) is 2.55. The summed E-state index contributed by atoms with van der Waals surface area (Å²) in [5, 5.41) is 10.9. The van der Waals surface area contributed by atoms with Gasteiger partial charge in [0, 0.05) is 4.90 Å². The van der Waals surface area contributed by atoms with Crippen molar-refractivity contribution in [3.05, 3.63) is 42.0 Å². The van der Waals surface area contributed by atoms with Crippen LogP contribution in [0.2, 0.25) is 0 Å². The van der Waals surface area contributed by atoms with Crippen molar-refractivity contribution in [1.82, 2.24) is 0 Å². The number of hydrogen-bond acceptors (Lipinski definition) is 2. The molecule has 2 aromatic carbocycles. The van der Waals surface area contributed by atoms with E-state index in [4.69, 9.17) is 5.11 Å². The van der Waals surface area contributed by atoms with Crippen LogP contribution in [0.1, 0.15) is 17.3 Å². The summed E-state index contributed by atoms with van der Waals surface area (Å²) in [5.41, 5.74) is 0.371. The van der Waals surface area contributed by atoms with Gasteiger partial charge in [-0.15, -0.1) is 11.8 Å². The molecular formula is C13H12O2S. The molecule has 3 heteroatoms. The first-order chi connectivity index (χ1) is 7.74. The molecule has 1 N–H and O–H groups in total. The van der Waals surface area contributed by atoms with Crippen LogP contribution in [-0.4, -0.2) is 16.8 Å². The summed E-state index contributed by atoms with van der Waals surface area (Å²) in [4.78, 5) is 12.2. The van der Waals surface area contributed by atoms with E-state index in [2.05, 4.69) is 6.92 Å². The van der Waals surface area contributed by atoms with Crippen LogP contribution >= 0.6 is 11.8 Å².